The summed E-state index contributed by atoms with van der Waals surface area (Å²) in [6.45, 7) is 6.58. The molecule has 0 aromatic heterocycles. The topological polar surface area (TPSA) is 111 Å². The van der Waals surface area contributed by atoms with Crippen LogP contribution >= 0.6 is 0 Å². The Bertz CT molecular complexity index is 676. The van der Waals surface area contributed by atoms with Crippen molar-refractivity contribution in [2.75, 3.05) is 18.5 Å². The van der Waals surface area contributed by atoms with Gasteiger partial charge in [-0.05, 0) is 58.4 Å². The van der Waals surface area contributed by atoms with Crippen LogP contribution < -0.4 is 10.6 Å². The molecule has 0 radical (unpaired) electrons. The summed E-state index contributed by atoms with van der Waals surface area (Å²) in [5.41, 5.74) is 0.463. The lowest BCUT2D eigenvalue weighted by Crippen LogP contribution is -2.33. The summed E-state index contributed by atoms with van der Waals surface area (Å²) in [4.78, 5) is 46.0. The van der Waals surface area contributed by atoms with Gasteiger partial charge < -0.3 is 20.1 Å². The third-order valence-electron chi connectivity index (χ3n) is 3.17. The number of alkyl carbamates (subject to hydrolysis) is 1. The number of ether oxygens (including phenoxy) is 2. The molecule has 0 aliphatic rings. The third kappa shape index (κ3) is 9.98. The van der Waals surface area contributed by atoms with Crippen LogP contribution in [0.15, 0.2) is 24.3 Å². The van der Waals surface area contributed by atoms with Crippen molar-refractivity contribution in [2.24, 2.45) is 0 Å². The van der Waals surface area contributed by atoms with Crippen LogP contribution in [0.4, 0.5) is 10.5 Å². The zero-order valence-electron chi connectivity index (χ0n) is 16.1. The predicted molar refractivity (Wildman–Crippen MR) is 99.5 cm³/mol. The second-order valence-corrected chi connectivity index (χ2v) is 6.87. The second kappa shape index (κ2) is 10.3. The lowest BCUT2D eigenvalue weighted by Gasteiger charge is -2.19. The van der Waals surface area contributed by atoms with Crippen molar-refractivity contribution in [3.8, 4) is 0 Å². The van der Waals surface area contributed by atoms with Crippen LogP contribution in [-0.4, -0.2) is 42.5 Å². The van der Waals surface area contributed by atoms with E-state index in [4.69, 9.17) is 9.47 Å². The summed E-state index contributed by atoms with van der Waals surface area (Å²) >= 11 is 0. The van der Waals surface area contributed by atoms with Crippen molar-refractivity contribution in [3.05, 3.63) is 29.8 Å². The molecule has 0 saturated carbocycles. The monoisotopic (exact) mass is 378 g/mol. The number of amides is 2. The number of carbonyl (C=O) groups excluding carboxylic acids is 4. The molecule has 2 N–H and O–H groups in total. The number of benzene rings is 1. The van der Waals surface area contributed by atoms with Gasteiger partial charge in [-0.15, -0.1) is 0 Å². The summed E-state index contributed by atoms with van der Waals surface area (Å²) in [5, 5.41) is 5.10. The summed E-state index contributed by atoms with van der Waals surface area (Å²) in [6, 6.07) is 6.39. The number of nitrogens with one attached hydrogen (secondary N) is 2. The van der Waals surface area contributed by atoms with Gasteiger partial charge in [-0.1, -0.05) is 0 Å². The lowest BCUT2D eigenvalue weighted by atomic mass is 10.1. The Morgan fingerprint density at radius 1 is 1.04 bits per heavy atom. The summed E-state index contributed by atoms with van der Waals surface area (Å²) < 4.78 is 9.94. The Labute approximate surface area is 158 Å². The number of Topliss-reactive ketones (excluding diaryl/α,β-unsaturated/α-hetero) is 1. The van der Waals surface area contributed by atoms with Crippen LogP contribution in [0, 0.1) is 0 Å². The maximum Gasteiger partial charge on any atom is 0.407 e. The largest absolute Gasteiger partial charge is 0.456 e. The summed E-state index contributed by atoms with van der Waals surface area (Å²) in [5.74, 6) is -1.09. The van der Waals surface area contributed by atoms with Gasteiger partial charge in [0.1, 0.15) is 5.60 Å². The van der Waals surface area contributed by atoms with Crippen molar-refractivity contribution in [1.82, 2.24) is 5.32 Å². The van der Waals surface area contributed by atoms with Gasteiger partial charge in [0.25, 0.3) is 5.91 Å². The third-order valence-corrected chi connectivity index (χ3v) is 3.17. The van der Waals surface area contributed by atoms with Crippen molar-refractivity contribution >= 4 is 29.4 Å². The average Bonchev–Trinajstić information content (AvgIpc) is 2.56. The minimum absolute atomic E-state index is 0.0659. The van der Waals surface area contributed by atoms with E-state index in [9.17, 15) is 19.2 Å². The van der Waals surface area contributed by atoms with E-state index in [2.05, 4.69) is 10.6 Å². The van der Waals surface area contributed by atoms with Crippen molar-refractivity contribution in [1.29, 1.82) is 0 Å². The van der Waals surface area contributed by atoms with Gasteiger partial charge in [-0.3, -0.25) is 14.4 Å². The first-order chi connectivity index (χ1) is 12.6. The van der Waals surface area contributed by atoms with Crippen LogP contribution in [0.5, 0.6) is 0 Å². The fourth-order valence-electron chi connectivity index (χ4n) is 1.94. The van der Waals surface area contributed by atoms with E-state index in [1.165, 1.54) is 6.92 Å². The smallest absolute Gasteiger partial charge is 0.407 e. The van der Waals surface area contributed by atoms with Crippen molar-refractivity contribution in [2.45, 2.75) is 46.1 Å². The zero-order valence-corrected chi connectivity index (χ0v) is 16.1. The number of anilines is 1. The van der Waals surface area contributed by atoms with Gasteiger partial charge in [-0.2, -0.15) is 0 Å². The Balaban J connectivity index is 2.21. The van der Waals surface area contributed by atoms with Gasteiger partial charge in [-0.25, -0.2) is 4.79 Å². The molecule has 1 aromatic rings. The van der Waals surface area contributed by atoms with Gasteiger partial charge >= 0.3 is 12.1 Å². The first kappa shape index (κ1) is 22.1. The number of hydrogen-bond donors (Lipinski definition) is 2. The second-order valence-electron chi connectivity index (χ2n) is 6.87. The Kier molecular flexibility index (Phi) is 8.44. The van der Waals surface area contributed by atoms with Crippen molar-refractivity contribution in [3.63, 3.8) is 0 Å². The molecule has 0 aliphatic heterocycles. The quantitative estimate of drug-likeness (QED) is 0.409. The van der Waals surface area contributed by atoms with Crippen LogP contribution in [0.25, 0.3) is 0 Å². The number of ketones is 1. The molecule has 0 atom stereocenters. The Morgan fingerprint density at radius 3 is 2.22 bits per heavy atom. The van der Waals surface area contributed by atoms with E-state index in [0.717, 1.165) is 0 Å². The molecular formula is C19H26N2O6. The maximum atomic E-state index is 11.8. The molecule has 27 heavy (non-hydrogen) atoms. The van der Waals surface area contributed by atoms with E-state index < -0.39 is 30.2 Å². The van der Waals surface area contributed by atoms with Gasteiger partial charge in [0.05, 0.1) is 0 Å². The van der Waals surface area contributed by atoms with Crippen molar-refractivity contribution < 1.29 is 28.7 Å². The van der Waals surface area contributed by atoms with E-state index in [1.807, 2.05) is 0 Å². The maximum absolute atomic E-state index is 11.8. The van der Waals surface area contributed by atoms with E-state index in [-0.39, 0.29) is 18.7 Å². The predicted octanol–water partition coefficient (Wildman–Crippen LogP) is 2.68. The molecule has 2 amide bonds. The van der Waals surface area contributed by atoms with Gasteiger partial charge in [0.2, 0.25) is 0 Å². The molecule has 0 unspecified atom stereocenters. The lowest BCUT2D eigenvalue weighted by molar-refractivity contribution is -0.147. The fourth-order valence-corrected chi connectivity index (χ4v) is 1.94. The van der Waals surface area contributed by atoms with Crippen LogP contribution in [0.1, 0.15) is 50.9 Å². The molecule has 148 valence electrons. The molecule has 0 bridgehead atoms. The van der Waals surface area contributed by atoms with Crippen LogP contribution in [0.2, 0.25) is 0 Å². The van der Waals surface area contributed by atoms with Crippen LogP contribution in [0.3, 0.4) is 0 Å². The summed E-state index contributed by atoms with van der Waals surface area (Å²) in [7, 11) is 0. The highest BCUT2D eigenvalue weighted by Gasteiger charge is 2.15. The first-order valence-corrected chi connectivity index (χ1v) is 8.60. The SMILES string of the molecule is CC(=O)c1ccc(NC(=O)COC(=O)CCCNC(=O)OC(C)(C)C)cc1. The van der Waals surface area contributed by atoms with E-state index >= 15 is 0 Å². The van der Waals surface area contributed by atoms with Gasteiger partial charge in [0.15, 0.2) is 12.4 Å². The first-order valence-electron chi connectivity index (χ1n) is 8.60. The molecule has 0 aliphatic carbocycles. The Hall–Kier alpha value is -2.90. The highest BCUT2D eigenvalue weighted by atomic mass is 16.6. The Morgan fingerprint density at radius 2 is 1.67 bits per heavy atom. The highest BCUT2D eigenvalue weighted by molar-refractivity contribution is 5.96. The minimum atomic E-state index is -0.581. The number of esters is 1. The standard InChI is InChI=1S/C19H26N2O6/c1-13(22)14-7-9-15(10-8-14)21-16(23)12-26-17(24)6-5-11-20-18(25)27-19(2,3)4/h7-10H,5-6,11-12H2,1-4H3,(H,20,25)(H,21,23). The molecule has 0 fully saturated rings. The normalized spacial score (nSPS) is 10.7. The number of carbonyl (C=O) groups is 4. The van der Waals surface area contributed by atoms with E-state index in [0.29, 0.717) is 17.7 Å². The minimum Gasteiger partial charge on any atom is -0.456 e. The molecule has 0 heterocycles. The molecule has 8 heteroatoms. The molecule has 1 aromatic carbocycles. The molecular weight excluding hydrogens is 352 g/mol. The van der Waals surface area contributed by atoms with Crippen LogP contribution in [-0.2, 0) is 19.1 Å². The number of hydrogen-bond acceptors (Lipinski definition) is 6. The molecule has 0 spiro atoms. The zero-order chi connectivity index (χ0) is 20.4. The van der Waals surface area contributed by atoms with Gasteiger partial charge in [0, 0.05) is 24.2 Å². The summed E-state index contributed by atoms with van der Waals surface area (Å²) in [6.07, 6.45) is -0.117. The number of rotatable bonds is 8. The molecule has 8 nitrogen and oxygen atoms in total. The molecule has 0 saturated heterocycles. The molecule has 1 rings (SSSR count). The fraction of sp³-hybridized carbons (Fsp3) is 0.474. The van der Waals surface area contributed by atoms with E-state index in [1.54, 1.807) is 45.0 Å². The highest BCUT2D eigenvalue weighted by Crippen LogP contribution is 2.10. The average molecular weight is 378 g/mol.